The molecular weight excluding hydrogens is 366 g/mol. The van der Waals surface area contributed by atoms with E-state index in [0.29, 0.717) is 16.8 Å². The topological polar surface area (TPSA) is 112 Å². The Morgan fingerprint density at radius 2 is 1.83 bits per heavy atom. The monoisotopic (exact) mass is 383 g/mol. The Hall–Kier alpha value is -4.07. The van der Waals surface area contributed by atoms with Crippen molar-refractivity contribution in [3.8, 4) is 11.3 Å². The lowest BCUT2D eigenvalue weighted by atomic mass is 10.1. The number of amides is 1. The van der Waals surface area contributed by atoms with E-state index in [1.54, 1.807) is 12.4 Å². The molecule has 1 amide bonds. The van der Waals surface area contributed by atoms with Gasteiger partial charge in [0.15, 0.2) is 17.1 Å². The van der Waals surface area contributed by atoms with Gasteiger partial charge in [-0.1, -0.05) is 30.3 Å². The molecule has 8 heteroatoms. The fraction of sp³-hybridized carbons (Fsp3) is 0.0952. The molecule has 0 fully saturated rings. The molecule has 5 aromatic rings. The first kappa shape index (κ1) is 17.1. The molecule has 0 bridgehead atoms. The van der Waals surface area contributed by atoms with E-state index in [-0.39, 0.29) is 17.8 Å². The first-order chi connectivity index (χ1) is 14.2. The molecule has 0 radical (unpaired) electrons. The Kier molecular flexibility index (Phi) is 4.02. The predicted molar refractivity (Wildman–Crippen MR) is 109 cm³/mol. The molecule has 0 spiro atoms. The lowest BCUT2D eigenvalue weighted by Gasteiger charge is -2.12. The van der Waals surface area contributed by atoms with Crippen molar-refractivity contribution in [3.63, 3.8) is 0 Å². The normalized spacial score (nSPS) is 12.3. The Bertz CT molecular complexity index is 1310. The molecule has 5 rings (SSSR count). The Morgan fingerprint density at radius 3 is 2.62 bits per heavy atom. The minimum absolute atomic E-state index is 0.137. The molecule has 1 aromatic carbocycles. The number of imidazole rings is 1. The summed E-state index contributed by atoms with van der Waals surface area (Å²) in [6.07, 6.45) is 3.43. The summed E-state index contributed by atoms with van der Waals surface area (Å²) >= 11 is 0. The summed E-state index contributed by atoms with van der Waals surface area (Å²) in [6.45, 7) is 1.93. The zero-order valence-electron chi connectivity index (χ0n) is 15.5. The van der Waals surface area contributed by atoms with Crippen LogP contribution in [-0.2, 0) is 0 Å². The summed E-state index contributed by atoms with van der Waals surface area (Å²) in [5, 5.41) is 11.1. The Labute approximate surface area is 165 Å². The van der Waals surface area contributed by atoms with Gasteiger partial charge in [-0.05, 0) is 30.7 Å². The third-order valence-corrected chi connectivity index (χ3v) is 4.82. The highest BCUT2D eigenvalue weighted by Gasteiger charge is 2.17. The second-order valence-electron chi connectivity index (χ2n) is 6.75. The van der Waals surface area contributed by atoms with Gasteiger partial charge in [0.25, 0.3) is 5.91 Å². The van der Waals surface area contributed by atoms with E-state index >= 15 is 0 Å². The SMILES string of the molecule is C[C@@H](NC(=O)c1nc2cc3c(-c4ccncc4)n[nH]c3nc2[nH]1)c1ccccc1. The number of aromatic amines is 2. The fourth-order valence-corrected chi connectivity index (χ4v) is 3.30. The highest BCUT2D eigenvalue weighted by molar-refractivity contribution is 5.99. The standard InChI is InChI=1S/C21H17N7O/c1-12(13-5-3-2-4-6-13)23-21(29)20-24-16-11-15-17(14-7-9-22-10-8-14)27-28-18(15)25-19(16)26-20/h2-12H,1H3,(H,23,29)(H2,24,25,26,27,28)/t12-/m1/s1. The third kappa shape index (κ3) is 3.10. The van der Waals surface area contributed by atoms with Crippen LogP contribution < -0.4 is 5.32 Å². The van der Waals surface area contributed by atoms with Crippen LogP contribution >= 0.6 is 0 Å². The average molecular weight is 383 g/mol. The molecular formula is C21H17N7O. The molecule has 29 heavy (non-hydrogen) atoms. The maximum absolute atomic E-state index is 12.7. The number of hydrogen-bond donors (Lipinski definition) is 3. The molecule has 4 heterocycles. The number of hydrogen-bond acceptors (Lipinski definition) is 5. The van der Waals surface area contributed by atoms with Crippen LogP contribution in [0.1, 0.15) is 29.1 Å². The number of aromatic nitrogens is 6. The average Bonchev–Trinajstić information content (AvgIpc) is 3.36. The predicted octanol–water partition coefficient (Wildman–Crippen LogP) is 3.39. The van der Waals surface area contributed by atoms with Crippen LogP contribution in [0.2, 0.25) is 0 Å². The van der Waals surface area contributed by atoms with Crippen LogP contribution in [0.5, 0.6) is 0 Å². The number of pyridine rings is 2. The smallest absolute Gasteiger partial charge is 0.287 e. The molecule has 4 aromatic heterocycles. The van der Waals surface area contributed by atoms with Crippen molar-refractivity contribution in [1.29, 1.82) is 0 Å². The number of carbonyl (C=O) groups is 1. The minimum Gasteiger partial charge on any atom is -0.343 e. The van der Waals surface area contributed by atoms with Gasteiger partial charge >= 0.3 is 0 Å². The lowest BCUT2D eigenvalue weighted by Crippen LogP contribution is -2.27. The summed E-state index contributed by atoms with van der Waals surface area (Å²) < 4.78 is 0. The highest BCUT2D eigenvalue weighted by Crippen LogP contribution is 2.27. The van der Waals surface area contributed by atoms with E-state index < -0.39 is 0 Å². The van der Waals surface area contributed by atoms with Crippen LogP contribution in [0.25, 0.3) is 33.5 Å². The van der Waals surface area contributed by atoms with Crippen molar-refractivity contribution >= 4 is 28.1 Å². The van der Waals surface area contributed by atoms with E-state index in [0.717, 1.165) is 22.2 Å². The van der Waals surface area contributed by atoms with Crippen molar-refractivity contribution in [2.45, 2.75) is 13.0 Å². The van der Waals surface area contributed by atoms with Crippen molar-refractivity contribution in [1.82, 2.24) is 35.5 Å². The number of nitrogens with one attached hydrogen (secondary N) is 3. The molecule has 142 valence electrons. The van der Waals surface area contributed by atoms with Crippen molar-refractivity contribution in [2.75, 3.05) is 0 Å². The van der Waals surface area contributed by atoms with E-state index in [4.69, 9.17) is 0 Å². The second kappa shape index (κ2) is 6.83. The number of nitrogens with zero attached hydrogens (tertiary/aromatic N) is 4. The van der Waals surface area contributed by atoms with Gasteiger partial charge < -0.3 is 10.3 Å². The first-order valence-corrected chi connectivity index (χ1v) is 9.20. The maximum atomic E-state index is 12.7. The highest BCUT2D eigenvalue weighted by atomic mass is 16.2. The van der Waals surface area contributed by atoms with Crippen molar-refractivity contribution in [3.05, 3.63) is 72.3 Å². The molecule has 0 saturated carbocycles. The number of rotatable bonds is 4. The van der Waals surface area contributed by atoms with Crippen LogP contribution in [0.4, 0.5) is 0 Å². The molecule has 0 unspecified atom stereocenters. The van der Waals surface area contributed by atoms with Gasteiger partial charge in [-0.2, -0.15) is 5.10 Å². The number of benzene rings is 1. The molecule has 0 aliphatic rings. The van der Waals surface area contributed by atoms with Crippen molar-refractivity contribution < 1.29 is 4.79 Å². The van der Waals surface area contributed by atoms with Gasteiger partial charge in [0.2, 0.25) is 0 Å². The lowest BCUT2D eigenvalue weighted by molar-refractivity contribution is 0.0930. The van der Waals surface area contributed by atoms with Gasteiger partial charge in [0, 0.05) is 23.3 Å². The minimum atomic E-state index is -0.282. The Morgan fingerprint density at radius 1 is 1.03 bits per heavy atom. The largest absolute Gasteiger partial charge is 0.343 e. The van der Waals surface area contributed by atoms with Gasteiger partial charge in [0.05, 0.1) is 6.04 Å². The Balaban J connectivity index is 1.48. The third-order valence-electron chi connectivity index (χ3n) is 4.82. The van der Waals surface area contributed by atoms with Gasteiger partial charge in [0.1, 0.15) is 11.2 Å². The first-order valence-electron chi connectivity index (χ1n) is 9.20. The summed E-state index contributed by atoms with van der Waals surface area (Å²) in [5.74, 6) is -0.0585. The van der Waals surface area contributed by atoms with Crippen LogP contribution in [-0.4, -0.2) is 36.0 Å². The molecule has 0 aliphatic heterocycles. The van der Waals surface area contributed by atoms with Gasteiger partial charge in [-0.15, -0.1) is 0 Å². The summed E-state index contributed by atoms with van der Waals surface area (Å²) in [7, 11) is 0. The van der Waals surface area contributed by atoms with E-state index in [1.807, 2.05) is 55.5 Å². The van der Waals surface area contributed by atoms with Crippen LogP contribution in [0, 0.1) is 0 Å². The molecule has 3 N–H and O–H groups in total. The number of H-pyrrole nitrogens is 2. The summed E-state index contributed by atoms with van der Waals surface area (Å²) in [4.78, 5) is 28.7. The quantitative estimate of drug-likeness (QED) is 0.440. The van der Waals surface area contributed by atoms with Crippen molar-refractivity contribution in [2.24, 2.45) is 0 Å². The summed E-state index contributed by atoms with van der Waals surface area (Å²) in [5.41, 5.74) is 4.47. The number of carbonyl (C=O) groups excluding carboxylic acids is 1. The fourth-order valence-electron chi connectivity index (χ4n) is 3.30. The molecule has 0 saturated heterocycles. The van der Waals surface area contributed by atoms with Crippen LogP contribution in [0.15, 0.2) is 60.9 Å². The zero-order valence-corrected chi connectivity index (χ0v) is 15.5. The zero-order chi connectivity index (χ0) is 19.8. The van der Waals surface area contributed by atoms with Crippen LogP contribution in [0.3, 0.4) is 0 Å². The summed E-state index contributed by atoms with van der Waals surface area (Å²) in [6, 6.07) is 15.3. The van der Waals surface area contributed by atoms with Gasteiger partial charge in [-0.3, -0.25) is 14.9 Å². The van der Waals surface area contributed by atoms with E-state index in [1.165, 1.54) is 0 Å². The molecule has 0 aliphatic carbocycles. The maximum Gasteiger partial charge on any atom is 0.287 e. The van der Waals surface area contributed by atoms with E-state index in [2.05, 4.69) is 35.5 Å². The molecule has 8 nitrogen and oxygen atoms in total. The van der Waals surface area contributed by atoms with Gasteiger partial charge in [-0.25, -0.2) is 9.97 Å². The molecule has 1 atom stereocenters. The second-order valence-corrected chi connectivity index (χ2v) is 6.75. The van der Waals surface area contributed by atoms with E-state index in [9.17, 15) is 4.79 Å². The number of fused-ring (bicyclic) bond motifs is 2.